The SMILES string of the molecule is CNC(C1CCCCCCC1)C1CCCCC1. The zero-order valence-electron chi connectivity index (χ0n) is 11.7. The first-order valence-electron chi connectivity index (χ1n) is 8.09. The molecule has 1 nitrogen and oxygen atoms in total. The molecule has 100 valence electrons. The lowest BCUT2D eigenvalue weighted by Crippen LogP contribution is -2.41. The highest BCUT2D eigenvalue weighted by molar-refractivity contribution is 4.84. The molecule has 0 amide bonds. The molecule has 1 heteroatoms. The van der Waals surface area contributed by atoms with Gasteiger partial charge in [0.25, 0.3) is 0 Å². The minimum atomic E-state index is 0.827. The van der Waals surface area contributed by atoms with Crippen LogP contribution in [-0.4, -0.2) is 13.1 Å². The molecule has 0 aromatic heterocycles. The Kier molecular flexibility index (Phi) is 5.84. The smallest absolute Gasteiger partial charge is 0.0121 e. The molecule has 2 fully saturated rings. The summed E-state index contributed by atoms with van der Waals surface area (Å²) in [5.41, 5.74) is 0. The van der Waals surface area contributed by atoms with E-state index in [2.05, 4.69) is 12.4 Å². The average molecular weight is 237 g/mol. The summed E-state index contributed by atoms with van der Waals surface area (Å²) in [5.74, 6) is 1.96. The van der Waals surface area contributed by atoms with Gasteiger partial charge in [-0.05, 0) is 44.6 Å². The van der Waals surface area contributed by atoms with Crippen LogP contribution in [-0.2, 0) is 0 Å². The van der Waals surface area contributed by atoms with Crippen LogP contribution in [0.4, 0.5) is 0 Å². The minimum Gasteiger partial charge on any atom is -0.316 e. The molecule has 0 aromatic carbocycles. The topological polar surface area (TPSA) is 12.0 Å². The molecule has 17 heavy (non-hydrogen) atoms. The molecule has 0 saturated heterocycles. The Morgan fingerprint density at radius 2 is 1.00 bits per heavy atom. The summed E-state index contributed by atoms with van der Waals surface area (Å²) in [6.07, 6.45) is 17.8. The van der Waals surface area contributed by atoms with Gasteiger partial charge in [-0.15, -0.1) is 0 Å². The van der Waals surface area contributed by atoms with E-state index in [9.17, 15) is 0 Å². The first-order chi connectivity index (χ1) is 8.42. The highest BCUT2D eigenvalue weighted by atomic mass is 14.9. The van der Waals surface area contributed by atoms with E-state index < -0.39 is 0 Å². The fourth-order valence-electron chi connectivity index (χ4n) is 4.20. The summed E-state index contributed by atoms with van der Waals surface area (Å²) in [6, 6.07) is 0.827. The van der Waals surface area contributed by atoms with Crippen molar-refractivity contribution < 1.29 is 0 Å². The Morgan fingerprint density at radius 1 is 0.647 bits per heavy atom. The molecule has 0 bridgehead atoms. The van der Waals surface area contributed by atoms with E-state index in [1.807, 2.05) is 0 Å². The average Bonchev–Trinajstić information content (AvgIpc) is 2.34. The first kappa shape index (κ1) is 13.4. The third-order valence-electron chi connectivity index (χ3n) is 5.15. The molecule has 0 heterocycles. The van der Waals surface area contributed by atoms with Crippen molar-refractivity contribution in [3.05, 3.63) is 0 Å². The lowest BCUT2D eigenvalue weighted by molar-refractivity contribution is 0.188. The highest BCUT2D eigenvalue weighted by Gasteiger charge is 2.29. The van der Waals surface area contributed by atoms with Gasteiger partial charge in [0.15, 0.2) is 0 Å². The van der Waals surface area contributed by atoms with Gasteiger partial charge >= 0.3 is 0 Å². The summed E-state index contributed by atoms with van der Waals surface area (Å²) in [5, 5.41) is 3.69. The van der Waals surface area contributed by atoms with Crippen LogP contribution < -0.4 is 5.32 Å². The van der Waals surface area contributed by atoms with Crippen LogP contribution in [0.5, 0.6) is 0 Å². The van der Waals surface area contributed by atoms with Crippen LogP contribution >= 0.6 is 0 Å². The van der Waals surface area contributed by atoms with Crippen molar-refractivity contribution in [2.75, 3.05) is 7.05 Å². The predicted octanol–water partition coefficient (Wildman–Crippen LogP) is 4.52. The normalized spacial score (nSPS) is 27.4. The van der Waals surface area contributed by atoms with Gasteiger partial charge in [0.2, 0.25) is 0 Å². The number of rotatable bonds is 3. The highest BCUT2D eigenvalue weighted by Crippen LogP contribution is 2.34. The second kappa shape index (κ2) is 7.41. The second-order valence-electron chi connectivity index (χ2n) is 6.32. The van der Waals surface area contributed by atoms with Crippen molar-refractivity contribution in [3.63, 3.8) is 0 Å². The molecular formula is C16H31N. The summed E-state index contributed by atoms with van der Waals surface area (Å²) >= 11 is 0. The van der Waals surface area contributed by atoms with Gasteiger partial charge in [0, 0.05) is 6.04 Å². The van der Waals surface area contributed by atoms with Crippen molar-refractivity contribution >= 4 is 0 Å². The van der Waals surface area contributed by atoms with Gasteiger partial charge < -0.3 is 5.32 Å². The Hall–Kier alpha value is -0.0400. The van der Waals surface area contributed by atoms with Crippen LogP contribution in [0, 0.1) is 11.8 Å². The monoisotopic (exact) mass is 237 g/mol. The van der Waals surface area contributed by atoms with Crippen LogP contribution in [0.15, 0.2) is 0 Å². The maximum absolute atomic E-state index is 3.69. The van der Waals surface area contributed by atoms with Crippen LogP contribution in [0.25, 0.3) is 0 Å². The van der Waals surface area contributed by atoms with Gasteiger partial charge in [-0.25, -0.2) is 0 Å². The van der Waals surface area contributed by atoms with Gasteiger partial charge in [0.1, 0.15) is 0 Å². The van der Waals surface area contributed by atoms with E-state index in [0.29, 0.717) is 0 Å². The molecule has 2 aliphatic rings. The van der Waals surface area contributed by atoms with Crippen molar-refractivity contribution in [2.45, 2.75) is 83.1 Å². The van der Waals surface area contributed by atoms with Gasteiger partial charge in [-0.2, -0.15) is 0 Å². The third kappa shape index (κ3) is 3.98. The molecule has 0 spiro atoms. The van der Waals surface area contributed by atoms with E-state index in [4.69, 9.17) is 0 Å². The molecule has 1 N–H and O–H groups in total. The van der Waals surface area contributed by atoms with Crippen LogP contribution in [0.3, 0.4) is 0 Å². The lowest BCUT2D eigenvalue weighted by atomic mass is 9.75. The molecule has 0 aromatic rings. The molecule has 2 saturated carbocycles. The Morgan fingerprint density at radius 3 is 1.41 bits per heavy atom. The van der Waals surface area contributed by atoms with Crippen molar-refractivity contribution in [3.8, 4) is 0 Å². The van der Waals surface area contributed by atoms with Gasteiger partial charge in [-0.3, -0.25) is 0 Å². The first-order valence-corrected chi connectivity index (χ1v) is 8.09. The van der Waals surface area contributed by atoms with Gasteiger partial charge in [0.05, 0.1) is 0 Å². The third-order valence-corrected chi connectivity index (χ3v) is 5.15. The summed E-state index contributed by atoms with van der Waals surface area (Å²) in [4.78, 5) is 0. The van der Waals surface area contributed by atoms with E-state index >= 15 is 0 Å². The number of nitrogens with one attached hydrogen (secondary N) is 1. The molecule has 0 radical (unpaired) electrons. The fourth-order valence-corrected chi connectivity index (χ4v) is 4.20. The Balaban J connectivity index is 1.89. The van der Waals surface area contributed by atoms with Crippen molar-refractivity contribution in [1.82, 2.24) is 5.32 Å². The zero-order chi connectivity index (χ0) is 11.9. The Labute approximate surface area is 108 Å². The van der Waals surface area contributed by atoms with Crippen molar-refractivity contribution in [1.29, 1.82) is 0 Å². The van der Waals surface area contributed by atoms with E-state index in [0.717, 1.165) is 17.9 Å². The maximum atomic E-state index is 3.69. The quantitative estimate of drug-likeness (QED) is 0.761. The minimum absolute atomic E-state index is 0.827. The standard InChI is InChI=1S/C16H31N/c1-17-16(15-12-8-5-9-13-15)14-10-6-3-2-4-7-11-14/h14-17H,2-13H2,1H3. The largest absolute Gasteiger partial charge is 0.316 e. The molecule has 2 rings (SSSR count). The molecule has 1 unspecified atom stereocenters. The number of hydrogen-bond acceptors (Lipinski definition) is 1. The van der Waals surface area contributed by atoms with Crippen LogP contribution in [0.1, 0.15) is 77.0 Å². The van der Waals surface area contributed by atoms with E-state index in [-0.39, 0.29) is 0 Å². The lowest BCUT2D eigenvalue weighted by Gasteiger charge is -2.36. The van der Waals surface area contributed by atoms with Gasteiger partial charge in [-0.1, -0.05) is 51.4 Å². The molecule has 1 atom stereocenters. The molecule has 2 aliphatic carbocycles. The number of hydrogen-bond donors (Lipinski definition) is 1. The summed E-state index contributed by atoms with van der Waals surface area (Å²) in [7, 11) is 2.21. The van der Waals surface area contributed by atoms with Crippen LogP contribution in [0.2, 0.25) is 0 Å². The molecular weight excluding hydrogens is 206 g/mol. The van der Waals surface area contributed by atoms with E-state index in [1.54, 1.807) is 0 Å². The summed E-state index contributed by atoms with van der Waals surface area (Å²) in [6.45, 7) is 0. The van der Waals surface area contributed by atoms with Crippen molar-refractivity contribution in [2.24, 2.45) is 11.8 Å². The summed E-state index contributed by atoms with van der Waals surface area (Å²) < 4.78 is 0. The Bertz CT molecular complexity index is 188. The second-order valence-corrected chi connectivity index (χ2v) is 6.32. The molecule has 0 aliphatic heterocycles. The fraction of sp³-hybridized carbons (Fsp3) is 1.00. The maximum Gasteiger partial charge on any atom is 0.0121 e. The predicted molar refractivity (Wildman–Crippen MR) is 75.2 cm³/mol. The van der Waals surface area contributed by atoms with E-state index in [1.165, 1.54) is 77.0 Å². The zero-order valence-corrected chi connectivity index (χ0v) is 11.7.